The molecule has 1 aromatic rings. The normalized spacial score (nSPS) is 10.5. The van der Waals surface area contributed by atoms with Crippen molar-refractivity contribution in [2.45, 2.75) is 51.9 Å². The number of hydrogen-bond donors (Lipinski definition) is 1. The van der Waals surface area contributed by atoms with Crippen LogP contribution in [0.3, 0.4) is 0 Å². The molecule has 0 saturated carbocycles. The van der Waals surface area contributed by atoms with Crippen LogP contribution in [0.15, 0.2) is 27.1 Å². The van der Waals surface area contributed by atoms with E-state index >= 15 is 0 Å². The van der Waals surface area contributed by atoms with Crippen molar-refractivity contribution in [3.8, 4) is 0 Å². The average molecular weight is 391 g/mol. The molecule has 4 heteroatoms. The Kier molecular flexibility index (Phi) is 8.38. The van der Waals surface area contributed by atoms with Crippen LogP contribution in [0.25, 0.3) is 0 Å². The van der Waals surface area contributed by atoms with Crippen molar-refractivity contribution in [3.05, 3.63) is 27.1 Å². The Bertz CT molecular complexity index is 407. The highest BCUT2D eigenvalue weighted by Crippen LogP contribution is 2.26. The van der Waals surface area contributed by atoms with Crippen molar-refractivity contribution >= 4 is 43.5 Å². The molecule has 0 aliphatic rings. The van der Waals surface area contributed by atoms with Crippen molar-refractivity contribution in [1.82, 2.24) is 0 Å². The van der Waals surface area contributed by atoms with Crippen LogP contribution in [-0.2, 0) is 4.79 Å². The maximum atomic E-state index is 11.8. The topological polar surface area (TPSA) is 29.1 Å². The van der Waals surface area contributed by atoms with E-state index in [-0.39, 0.29) is 5.91 Å². The van der Waals surface area contributed by atoms with Gasteiger partial charge >= 0.3 is 0 Å². The molecule has 0 aliphatic heterocycles. The van der Waals surface area contributed by atoms with Gasteiger partial charge in [0.25, 0.3) is 0 Å². The number of hydrogen-bond acceptors (Lipinski definition) is 1. The molecule has 0 saturated heterocycles. The van der Waals surface area contributed by atoms with E-state index in [1.165, 1.54) is 25.7 Å². The number of anilines is 1. The van der Waals surface area contributed by atoms with Crippen LogP contribution in [0.1, 0.15) is 51.9 Å². The van der Waals surface area contributed by atoms with Crippen molar-refractivity contribution in [3.63, 3.8) is 0 Å². The molecule has 0 fully saturated rings. The van der Waals surface area contributed by atoms with Gasteiger partial charge in [-0.1, -0.05) is 55.0 Å². The number of benzene rings is 1. The van der Waals surface area contributed by atoms with E-state index < -0.39 is 0 Å². The van der Waals surface area contributed by atoms with Gasteiger partial charge in [0.2, 0.25) is 5.91 Å². The maximum Gasteiger partial charge on any atom is 0.224 e. The predicted octanol–water partition coefficient (Wildman–Crippen LogP) is 5.90. The molecule has 1 N–H and O–H groups in total. The molecular formula is C15H21Br2NO. The lowest BCUT2D eigenvalue weighted by atomic mass is 10.1. The monoisotopic (exact) mass is 389 g/mol. The van der Waals surface area contributed by atoms with Crippen LogP contribution in [-0.4, -0.2) is 5.91 Å². The molecule has 1 aromatic carbocycles. The summed E-state index contributed by atoms with van der Waals surface area (Å²) in [6.07, 6.45) is 7.82. The van der Waals surface area contributed by atoms with Crippen LogP contribution in [0.5, 0.6) is 0 Å². The Morgan fingerprint density at radius 1 is 1.11 bits per heavy atom. The van der Waals surface area contributed by atoms with E-state index in [2.05, 4.69) is 44.1 Å². The number of amides is 1. The Balaban J connectivity index is 2.23. The number of halogens is 2. The molecule has 0 aliphatic carbocycles. The molecule has 0 unspecified atom stereocenters. The molecule has 2 nitrogen and oxygen atoms in total. The second-order valence-corrected chi connectivity index (χ2v) is 6.46. The smallest absolute Gasteiger partial charge is 0.224 e. The zero-order chi connectivity index (χ0) is 14.1. The van der Waals surface area contributed by atoms with E-state index in [1.54, 1.807) is 0 Å². The van der Waals surface area contributed by atoms with Crippen LogP contribution < -0.4 is 5.32 Å². The van der Waals surface area contributed by atoms with Crippen LogP contribution in [0.4, 0.5) is 5.69 Å². The first kappa shape index (κ1) is 16.7. The molecule has 0 atom stereocenters. The highest BCUT2D eigenvalue weighted by atomic mass is 79.9. The molecular weight excluding hydrogens is 370 g/mol. The number of unbranched alkanes of at least 4 members (excludes halogenated alkanes) is 5. The fraction of sp³-hybridized carbons (Fsp3) is 0.533. The highest BCUT2D eigenvalue weighted by Gasteiger charge is 2.05. The van der Waals surface area contributed by atoms with Gasteiger partial charge in [-0.05, 0) is 40.5 Å². The van der Waals surface area contributed by atoms with Gasteiger partial charge in [-0.3, -0.25) is 4.79 Å². The first-order valence-electron chi connectivity index (χ1n) is 6.88. The second-order valence-electron chi connectivity index (χ2n) is 4.69. The summed E-state index contributed by atoms with van der Waals surface area (Å²) in [6, 6.07) is 5.75. The number of carbonyl (C=O) groups is 1. The van der Waals surface area contributed by atoms with Gasteiger partial charge in [0.15, 0.2) is 0 Å². The molecule has 0 radical (unpaired) electrons. The van der Waals surface area contributed by atoms with E-state index in [0.717, 1.165) is 27.5 Å². The van der Waals surface area contributed by atoms with Crippen molar-refractivity contribution in [1.29, 1.82) is 0 Å². The quantitative estimate of drug-likeness (QED) is 0.550. The third-order valence-corrected chi connectivity index (χ3v) is 4.11. The van der Waals surface area contributed by atoms with Crippen LogP contribution in [0.2, 0.25) is 0 Å². The van der Waals surface area contributed by atoms with Gasteiger partial charge in [-0.15, -0.1) is 0 Å². The molecule has 106 valence electrons. The van der Waals surface area contributed by atoms with Crippen molar-refractivity contribution in [2.24, 2.45) is 0 Å². The van der Waals surface area contributed by atoms with E-state index in [0.29, 0.717) is 6.42 Å². The fourth-order valence-electron chi connectivity index (χ4n) is 1.87. The Morgan fingerprint density at radius 3 is 2.47 bits per heavy atom. The lowest BCUT2D eigenvalue weighted by Crippen LogP contribution is -2.11. The van der Waals surface area contributed by atoms with Gasteiger partial charge in [0, 0.05) is 15.4 Å². The Labute approximate surface area is 132 Å². The van der Waals surface area contributed by atoms with Gasteiger partial charge in [0.1, 0.15) is 0 Å². The third kappa shape index (κ3) is 7.11. The summed E-state index contributed by atoms with van der Waals surface area (Å²) in [5.41, 5.74) is 0.833. The fourth-order valence-corrected chi connectivity index (χ4v) is 3.02. The van der Waals surface area contributed by atoms with Crippen molar-refractivity contribution in [2.75, 3.05) is 5.32 Å². The minimum absolute atomic E-state index is 0.0958. The standard InChI is InChI=1S/C15H21Br2NO/c1-2-3-4-5-6-7-8-15(19)18-14-10-9-12(16)11-13(14)17/h9-11H,2-8H2,1H3,(H,18,19). The summed E-state index contributed by atoms with van der Waals surface area (Å²) >= 11 is 6.83. The van der Waals surface area contributed by atoms with Gasteiger partial charge in [-0.2, -0.15) is 0 Å². The van der Waals surface area contributed by atoms with Gasteiger partial charge in [-0.25, -0.2) is 0 Å². The minimum Gasteiger partial charge on any atom is -0.325 e. The largest absolute Gasteiger partial charge is 0.325 e. The summed E-state index contributed by atoms with van der Waals surface area (Å²) in [7, 11) is 0. The summed E-state index contributed by atoms with van der Waals surface area (Å²) in [5, 5.41) is 2.93. The van der Waals surface area contributed by atoms with Gasteiger partial charge < -0.3 is 5.32 Å². The lowest BCUT2D eigenvalue weighted by molar-refractivity contribution is -0.116. The third-order valence-electron chi connectivity index (χ3n) is 2.96. The summed E-state index contributed by atoms with van der Waals surface area (Å²) in [6.45, 7) is 2.21. The molecule has 0 bridgehead atoms. The predicted molar refractivity (Wildman–Crippen MR) is 88.5 cm³/mol. The average Bonchev–Trinajstić information content (AvgIpc) is 2.37. The molecule has 0 heterocycles. The van der Waals surface area contributed by atoms with E-state index in [1.807, 2.05) is 18.2 Å². The summed E-state index contributed by atoms with van der Waals surface area (Å²) in [4.78, 5) is 11.8. The van der Waals surface area contributed by atoms with E-state index in [9.17, 15) is 4.79 Å². The molecule has 19 heavy (non-hydrogen) atoms. The van der Waals surface area contributed by atoms with Crippen LogP contribution in [0, 0.1) is 0 Å². The lowest BCUT2D eigenvalue weighted by Gasteiger charge is -2.07. The van der Waals surface area contributed by atoms with Crippen molar-refractivity contribution < 1.29 is 4.79 Å². The van der Waals surface area contributed by atoms with Crippen LogP contribution >= 0.6 is 31.9 Å². The summed E-state index contributed by atoms with van der Waals surface area (Å²) in [5.74, 6) is 0.0958. The Hall–Kier alpha value is -0.350. The number of carbonyl (C=O) groups excluding carboxylic acids is 1. The molecule has 1 amide bonds. The minimum atomic E-state index is 0.0958. The molecule has 0 spiro atoms. The first-order chi connectivity index (χ1) is 9.13. The SMILES string of the molecule is CCCCCCCCC(=O)Nc1ccc(Br)cc1Br. The number of rotatable bonds is 8. The first-order valence-corrected chi connectivity index (χ1v) is 8.47. The maximum absolute atomic E-state index is 11.8. The van der Waals surface area contributed by atoms with Gasteiger partial charge in [0.05, 0.1) is 5.69 Å². The zero-order valence-corrected chi connectivity index (χ0v) is 14.5. The second kappa shape index (κ2) is 9.54. The van der Waals surface area contributed by atoms with E-state index in [4.69, 9.17) is 0 Å². The zero-order valence-electron chi connectivity index (χ0n) is 11.3. The molecule has 0 aromatic heterocycles. The highest BCUT2D eigenvalue weighted by molar-refractivity contribution is 9.11. The Morgan fingerprint density at radius 2 is 1.79 bits per heavy atom. The molecule has 1 rings (SSSR count). The summed E-state index contributed by atoms with van der Waals surface area (Å²) < 4.78 is 1.89. The number of nitrogens with one attached hydrogen (secondary N) is 1.